The number of rotatable bonds is 10. The number of nitrogens with zero attached hydrogens (tertiary/aromatic N) is 4. The lowest BCUT2D eigenvalue weighted by molar-refractivity contribution is 0.158. The van der Waals surface area contributed by atoms with Gasteiger partial charge in [0.25, 0.3) is 0 Å². The topological polar surface area (TPSA) is 120 Å². The van der Waals surface area contributed by atoms with Crippen LogP contribution in [0, 0.1) is 0 Å². The molecule has 0 amide bonds. The van der Waals surface area contributed by atoms with Crippen LogP contribution in [0.4, 0.5) is 23.1 Å². The van der Waals surface area contributed by atoms with E-state index in [1.54, 1.807) is 19.3 Å². The largest absolute Gasteiger partial charge is 0.380 e. The first-order valence-corrected chi connectivity index (χ1v) is 10.8. The van der Waals surface area contributed by atoms with Crippen molar-refractivity contribution in [3.8, 4) is 0 Å². The Hall–Kier alpha value is -2.98. The highest BCUT2D eigenvalue weighted by atomic mass is 16.5. The van der Waals surface area contributed by atoms with Crippen molar-refractivity contribution in [2.75, 3.05) is 68.5 Å². The van der Waals surface area contributed by atoms with E-state index in [9.17, 15) is 4.79 Å². The van der Waals surface area contributed by atoms with Gasteiger partial charge in [-0.25, -0.2) is 4.98 Å². The number of ether oxygens (including phenoxy) is 1. The van der Waals surface area contributed by atoms with Crippen LogP contribution in [0.25, 0.3) is 0 Å². The molecule has 0 saturated carbocycles. The van der Waals surface area contributed by atoms with Crippen LogP contribution >= 0.6 is 0 Å². The Morgan fingerprint density at radius 2 is 2.06 bits per heavy atom. The molecule has 10 nitrogen and oxygen atoms in total. The molecule has 0 radical (unpaired) electrons. The number of aromatic nitrogens is 3. The number of aromatic amines is 1. The summed E-state index contributed by atoms with van der Waals surface area (Å²) >= 11 is 0. The quantitative estimate of drug-likeness (QED) is 0.333. The van der Waals surface area contributed by atoms with Gasteiger partial charge < -0.3 is 30.6 Å². The van der Waals surface area contributed by atoms with Crippen molar-refractivity contribution in [1.29, 1.82) is 0 Å². The molecule has 1 aliphatic rings. The van der Waals surface area contributed by atoms with Crippen LogP contribution in [0.5, 0.6) is 0 Å². The molecule has 3 rings (SSSR count). The molecular formula is C21H32N8O2. The highest BCUT2D eigenvalue weighted by Gasteiger charge is 2.22. The van der Waals surface area contributed by atoms with Crippen LogP contribution in [-0.2, 0) is 4.74 Å². The van der Waals surface area contributed by atoms with Crippen molar-refractivity contribution in [2.24, 2.45) is 4.99 Å². The molecule has 31 heavy (non-hydrogen) atoms. The average molecular weight is 429 g/mol. The van der Waals surface area contributed by atoms with E-state index in [-0.39, 0.29) is 5.56 Å². The molecule has 0 aliphatic carbocycles. The van der Waals surface area contributed by atoms with Gasteiger partial charge >= 0.3 is 0 Å². The number of anilines is 4. The number of hydrogen-bond acceptors (Lipinski definition) is 9. The highest BCUT2D eigenvalue weighted by Crippen LogP contribution is 2.30. The van der Waals surface area contributed by atoms with E-state index >= 15 is 0 Å². The summed E-state index contributed by atoms with van der Waals surface area (Å²) in [7, 11) is 1.78. The number of H-pyrrole nitrogens is 1. The molecule has 10 heteroatoms. The third kappa shape index (κ3) is 6.02. The predicted molar refractivity (Wildman–Crippen MR) is 125 cm³/mol. The Morgan fingerprint density at radius 1 is 1.26 bits per heavy atom. The minimum absolute atomic E-state index is 0.156. The van der Waals surface area contributed by atoms with E-state index in [1.165, 1.54) is 6.07 Å². The molecule has 0 unspecified atom stereocenters. The average Bonchev–Trinajstić information content (AvgIpc) is 2.80. The molecule has 1 fully saturated rings. The van der Waals surface area contributed by atoms with Gasteiger partial charge in [-0.15, -0.1) is 0 Å². The predicted octanol–water partition coefficient (Wildman–Crippen LogP) is 1.60. The van der Waals surface area contributed by atoms with Gasteiger partial charge in [-0.2, -0.15) is 4.98 Å². The van der Waals surface area contributed by atoms with Crippen molar-refractivity contribution < 1.29 is 4.74 Å². The third-order valence-corrected chi connectivity index (χ3v) is 4.97. The van der Waals surface area contributed by atoms with Crippen molar-refractivity contribution in [3.05, 3.63) is 34.4 Å². The van der Waals surface area contributed by atoms with Gasteiger partial charge in [-0.05, 0) is 19.4 Å². The van der Waals surface area contributed by atoms with E-state index in [2.05, 4.69) is 37.8 Å². The second-order valence-electron chi connectivity index (χ2n) is 7.05. The molecule has 2 aromatic heterocycles. The summed E-state index contributed by atoms with van der Waals surface area (Å²) in [5, 5.41) is 10.1. The maximum atomic E-state index is 11.5. The summed E-state index contributed by atoms with van der Waals surface area (Å²) < 4.78 is 5.49. The van der Waals surface area contributed by atoms with Gasteiger partial charge in [0.1, 0.15) is 11.4 Å². The molecule has 2 aromatic rings. The lowest BCUT2D eigenvalue weighted by Crippen LogP contribution is -2.44. The second kappa shape index (κ2) is 11.4. The van der Waals surface area contributed by atoms with E-state index in [1.807, 2.05) is 6.92 Å². The lowest BCUT2D eigenvalue weighted by atomic mass is 10.1. The molecule has 3 heterocycles. The number of aliphatic imine (C=N–C) groups is 1. The monoisotopic (exact) mass is 428 g/mol. The lowest BCUT2D eigenvalue weighted by Gasteiger charge is -2.29. The summed E-state index contributed by atoms with van der Waals surface area (Å²) in [4.78, 5) is 30.6. The van der Waals surface area contributed by atoms with Crippen LogP contribution in [0.3, 0.4) is 0 Å². The maximum Gasteiger partial charge on any atom is 0.248 e. The van der Waals surface area contributed by atoms with Crippen LogP contribution in [-0.4, -0.2) is 73.6 Å². The molecular weight excluding hydrogens is 396 g/mol. The zero-order valence-corrected chi connectivity index (χ0v) is 18.5. The minimum Gasteiger partial charge on any atom is -0.380 e. The molecule has 0 spiro atoms. The Labute approximate surface area is 182 Å². The van der Waals surface area contributed by atoms with Gasteiger partial charge in [0.05, 0.1) is 18.0 Å². The number of hydrogen-bond donors (Lipinski definition) is 4. The second-order valence-corrected chi connectivity index (χ2v) is 7.05. The third-order valence-electron chi connectivity index (χ3n) is 4.97. The van der Waals surface area contributed by atoms with Crippen LogP contribution < -0.4 is 26.4 Å². The molecule has 0 atom stereocenters. The fraction of sp³-hybridized carbons (Fsp3) is 0.524. The number of pyridine rings is 1. The van der Waals surface area contributed by atoms with Crippen LogP contribution in [0.1, 0.15) is 26.0 Å². The van der Waals surface area contributed by atoms with Crippen molar-refractivity contribution in [1.82, 2.24) is 20.3 Å². The van der Waals surface area contributed by atoms with Gasteiger partial charge in [-0.1, -0.05) is 6.92 Å². The standard InChI is InChI=1S/C21H32N8O2/c1-4-16(22-3)18-19(24-10-13-31-5-2)20(26-15-6-7-17(30)25-14-15)28-21(27-18)29-11-8-23-9-12-29/h6-7,14,23-24H,4-5,8-13H2,1-3H3,(H,25,30)(H,26,27,28). The minimum atomic E-state index is -0.156. The number of piperazine rings is 1. The normalized spacial score (nSPS) is 14.5. The zero-order chi connectivity index (χ0) is 22.1. The summed E-state index contributed by atoms with van der Waals surface area (Å²) in [6, 6.07) is 3.21. The van der Waals surface area contributed by atoms with Crippen molar-refractivity contribution in [3.63, 3.8) is 0 Å². The fourth-order valence-corrected chi connectivity index (χ4v) is 3.37. The highest BCUT2D eigenvalue weighted by molar-refractivity contribution is 6.05. The van der Waals surface area contributed by atoms with Crippen molar-refractivity contribution >= 4 is 28.9 Å². The van der Waals surface area contributed by atoms with E-state index < -0.39 is 0 Å². The summed E-state index contributed by atoms with van der Waals surface area (Å²) in [6.07, 6.45) is 2.37. The molecule has 0 bridgehead atoms. The van der Waals surface area contributed by atoms with Gasteiger partial charge in [0.2, 0.25) is 11.5 Å². The molecule has 1 saturated heterocycles. The summed E-state index contributed by atoms with van der Waals surface area (Å²) in [6.45, 7) is 9.31. The first-order chi connectivity index (χ1) is 15.2. The zero-order valence-electron chi connectivity index (χ0n) is 18.5. The van der Waals surface area contributed by atoms with Crippen LogP contribution in [0.2, 0.25) is 0 Å². The van der Waals surface area contributed by atoms with Gasteiger partial charge in [0.15, 0.2) is 5.82 Å². The molecule has 1 aliphatic heterocycles. The number of nitrogens with one attached hydrogen (secondary N) is 4. The first kappa shape index (κ1) is 22.7. The van der Waals surface area contributed by atoms with E-state index in [4.69, 9.17) is 14.7 Å². The SMILES string of the molecule is CCOCCNc1c(Nc2ccc(=O)[nH]c2)nc(N2CCNCC2)nc1C(CC)=NC. The van der Waals surface area contributed by atoms with E-state index in [0.29, 0.717) is 31.5 Å². The smallest absolute Gasteiger partial charge is 0.248 e. The Kier molecular flexibility index (Phi) is 8.36. The van der Waals surface area contributed by atoms with Crippen molar-refractivity contribution in [2.45, 2.75) is 20.3 Å². The summed E-state index contributed by atoms with van der Waals surface area (Å²) in [5.41, 5.74) is 3.01. The Morgan fingerprint density at radius 3 is 2.71 bits per heavy atom. The molecule has 4 N–H and O–H groups in total. The fourth-order valence-electron chi connectivity index (χ4n) is 3.37. The van der Waals surface area contributed by atoms with Gasteiger partial charge in [-0.3, -0.25) is 9.79 Å². The first-order valence-electron chi connectivity index (χ1n) is 10.8. The Balaban J connectivity index is 2.05. The molecule has 0 aromatic carbocycles. The maximum absolute atomic E-state index is 11.5. The summed E-state index contributed by atoms with van der Waals surface area (Å²) in [5.74, 6) is 1.30. The van der Waals surface area contributed by atoms with Gasteiger partial charge in [0, 0.05) is 58.6 Å². The van der Waals surface area contributed by atoms with Crippen LogP contribution in [0.15, 0.2) is 28.1 Å². The molecule has 168 valence electrons. The Bertz CT molecular complexity index is 917. The van der Waals surface area contributed by atoms with E-state index in [0.717, 1.165) is 55.4 Å².